The van der Waals surface area contributed by atoms with Crippen LogP contribution in [0, 0.1) is 11.8 Å². The van der Waals surface area contributed by atoms with Crippen LogP contribution >= 0.6 is 11.6 Å². The van der Waals surface area contributed by atoms with E-state index in [4.69, 9.17) is 17.3 Å². The van der Waals surface area contributed by atoms with Crippen molar-refractivity contribution in [2.75, 3.05) is 6.54 Å². The van der Waals surface area contributed by atoms with E-state index in [1.165, 1.54) is 6.08 Å². The van der Waals surface area contributed by atoms with Crippen molar-refractivity contribution in [2.24, 2.45) is 5.73 Å². The predicted molar refractivity (Wildman–Crippen MR) is 95.3 cm³/mol. The highest BCUT2D eigenvalue weighted by molar-refractivity contribution is 6.32. The molecular weight excluding hydrogens is 324 g/mol. The Hall–Kier alpha value is -3.03. The first-order valence-electron chi connectivity index (χ1n) is 7.15. The molecule has 0 aliphatic heterocycles. The van der Waals surface area contributed by atoms with E-state index in [0.29, 0.717) is 10.6 Å². The Kier molecular flexibility index (Phi) is 6.18. The van der Waals surface area contributed by atoms with Crippen molar-refractivity contribution in [1.29, 1.82) is 0 Å². The molecule has 0 aromatic heterocycles. The van der Waals surface area contributed by atoms with Crippen LogP contribution in [0.4, 0.5) is 0 Å². The van der Waals surface area contributed by atoms with E-state index in [2.05, 4.69) is 17.2 Å². The molecule has 0 bridgehead atoms. The van der Waals surface area contributed by atoms with Crippen molar-refractivity contribution in [3.05, 3.63) is 76.3 Å². The first-order valence-corrected chi connectivity index (χ1v) is 7.53. The summed E-state index contributed by atoms with van der Waals surface area (Å²) in [6.45, 7) is 0.212. The van der Waals surface area contributed by atoms with Gasteiger partial charge in [0.1, 0.15) is 0 Å². The summed E-state index contributed by atoms with van der Waals surface area (Å²) in [4.78, 5) is 22.7. The normalized spacial score (nSPS) is 10.0. The fourth-order valence-electron chi connectivity index (χ4n) is 1.83. The second kappa shape index (κ2) is 8.56. The second-order valence-corrected chi connectivity index (χ2v) is 5.22. The zero-order valence-corrected chi connectivity index (χ0v) is 13.5. The summed E-state index contributed by atoms with van der Waals surface area (Å²) in [6.07, 6.45) is 3.05. The van der Waals surface area contributed by atoms with Gasteiger partial charge in [0.25, 0.3) is 0 Å². The van der Waals surface area contributed by atoms with Crippen molar-refractivity contribution in [1.82, 2.24) is 5.32 Å². The number of primary amides is 1. The van der Waals surface area contributed by atoms with Crippen LogP contribution in [-0.4, -0.2) is 18.4 Å². The molecule has 2 amide bonds. The van der Waals surface area contributed by atoms with Crippen molar-refractivity contribution in [3.8, 4) is 11.8 Å². The highest BCUT2D eigenvalue weighted by Gasteiger charge is 1.98. The molecule has 2 aromatic rings. The molecule has 2 aromatic carbocycles. The molecule has 5 heteroatoms. The van der Waals surface area contributed by atoms with Gasteiger partial charge >= 0.3 is 0 Å². The van der Waals surface area contributed by atoms with Gasteiger partial charge in [0.05, 0.1) is 6.54 Å². The lowest BCUT2D eigenvalue weighted by Gasteiger charge is -1.97. The number of halogens is 1. The smallest absolute Gasteiger partial charge is 0.248 e. The average Bonchev–Trinajstić information content (AvgIpc) is 2.58. The molecule has 0 radical (unpaired) electrons. The van der Waals surface area contributed by atoms with Crippen LogP contribution < -0.4 is 11.1 Å². The summed E-state index contributed by atoms with van der Waals surface area (Å²) in [5.74, 6) is 4.98. The summed E-state index contributed by atoms with van der Waals surface area (Å²) in [6, 6.07) is 13.9. The van der Waals surface area contributed by atoms with Gasteiger partial charge in [-0.05, 0) is 42.0 Å². The monoisotopic (exact) mass is 338 g/mol. The van der Waals surface area contributed by atoms with Gasteiger partial charge in [0.15, 0.2) is 0 Å². The molecule has 0 heterocycles. The summed E-state index contributed by atoms with van der Waals surface area (Å²) in [5.41, 5.74) is 7.10. The Balaban J connectivity index is 1.85. The summed E-state index contributed by atoms with van der Waals surface area (Å²) >= 11 is 6.00. The number of rotatable bonds is 4. The van der Waals surface area contributed by atoms with Gasteiger partial charge in [-0.2, -0.15) is 0 Å². The molecule has 3 N–H and O–H groups in total. The van der Waals surface area contributed by atoms with Gasteiger partial charge in [-0.15, -0.1) is 0 Å². The number of nitrogens with two attached hydrogens (primary N) is 1. The fraction of sp³-hybridized carbons (Fsp3) is 0.0526. The van der Waals surface area contributed by atoms with Gasteiger partial charge < -0.3 is 11.1 Å². The van der Waals surface area contributed by atoms with Crippen molar-refractivity contribution >= 4 is 29.5 Å². The minimum absolute atomic E-state index is 0.212. The maximum atomic E-state index is 11.7. The van der Waals surface area contributed by atoms with Crippen molar-refractivity contribution in [2.45, 2.75) is 0 Å². The van der Waals surface area contributed by atoms with E-state index in [9.17, 15) is 9.59 Å². The topological polar surface area (TPSA) is 72.2 Å². The third-order valence-corrected chi connectivity index (χ3v) is 3.42. The van der Waals surface area contributed by atoms with Crippen LogP contribution in [-0.2, 0) is 4.79 Å². The van der Waals surface area contributed by atoms with E-state index in [1.54, 1.807) is 36.4 Å². The lowest BCUT2D eigenvalue weighted by Crippen LogP contribution is -2.20. The lowest BCUT2D eigenvalue weighted by atomic mass is 10.1. The zero-order chi connectivity index (χ0) is 17.4. The summed E-state index contributed by atoms with van der Waals surface area (Å²) in [5, 5.41) is 3.24. The Morgan fingerprint density at radius 3 is 2.50 bits per heavy atom. The van der Waals surface area contributed by atoms with Gasteiger partial charge in [0, 0.05) is 22.2 Å². The SMILES string of the molecule is NC(=O)c1ccc(C#CCNC(=O)/C=C/c2ccccc2Cl)cc1. The molecule has 4 nitrogen and oxygen atoms in total. The molecule has 0 aliphatic carbocycles. The number of hydrogen-bond acceptors (Lipinski definition) is 2. The molecule has 0 spiro atoms. The van der Waals surface area contributed by atoms with E-state index >= 15 is 0 Å². The number of carbonyl (C=O) groups excluding carboxylic acids is 2. The van der Waals surface area contributed by atoms with E-state index in [-0.39, 0.29) is 12.5 Å². The maximum Gasteiger partial charge on any atom is 0.248 e. The highest BCUT2D eigenvalue weighted by atomic mass is 35.5. The summed E-state index contributed by atoms with van der Waals surface area (Å²) in [7, 11) is 0. The molecule has 0 aliphatic rings. The molecule has 2 rings (SSSR count). The van der Waals surface area contributed by atoms with Gasteiger partial charge in [-0.1, -0.05) is 41.6 Å². The molecule has 120 valence electrons. The van der Waals surface area contributed by atoms with Gasteiger partial charge in [-0.3, -0.25) is 9.59 Å². The Labute approximate surface area is 145 Å². The van der Waals surface area contributed by atoms with Crippen LogP contribution in [0.2, 0.25) is 5.02 Å². The average molecular weight is 339 g/mol. The molecule has 0 atom stereocenters. The van der Waals surface area contributed by atoms with Crippen LogP contribution in [0.1, 0.15) is 21.5 Å². The highest BCUT2D eigenvalue weighted by Crippen LogP contribution is 2.15. The third-order valence-electron chi connectivity index (χ3n) is 3.07. The van der Waals surface area contributed by atoms with Crippen molar-refractivity contribution < 1.29 is 9.59 Å². The van der Waals surface area contributed by atoms with Gasteiger partial charge in [-0.25, -0.2) is 0 Å². The minimum Gasteiger partial charge on any atom is -0.366 e. The maximum absolute atomic E-state index is 11.7. The van der Waals surface area contributed by atoms with E-state index < -0.39 is 5.91 Å². The zero-order valence-electron chi connectivity index (χ0n) is 12.8. The Morgan fingerprint density at radius 1 is 1.12 bits per heavy atom. The van der Waals surface area contributed by atoms with E-state index in [1.807, 2.05) is 18.2 Å². The molecule has 0 saturated carbocycles. The second-order valence-electron chi connectivity index (χ2n) is 4.82. The molecular formula is C19H15ClN2O2. The fourth-order valence-corrected chi connectivity index (χ4v) is 2.03. The quantitative estimate of drug-likeness (QED) is 0.664. The first kappa shape index (κ1) is 17.3. The standard InChI is InChI=1S/C19H15ClN2O2/c20-17-6-2-1-5-15(17)11-12-18(23)22-13-3-4-14-7-9-16(10-8-14)19(21)24/h1-2,5-12H,13H2,(H2,21,24)(H,22,23)/b12-11+. The van der Waals surface area contributed by atoms with E-state index in [0.717, 1.165) is 11.1 Å². The van der Waals surface area contributed by atoms with Gasteiger partial charge in [0.2, 0.25) is 11.8 Å². The van der Waals surface area contributed by atoms with Crippen LogP contribution in [0.3, 0.4) is 0 Å². The Bertz CT molecular complexity index is 830. The number of benzene rings is 2. The number of nitrogens with one attached hydrogen (secondary N) is 1. The number of carbonyl (C=O) groups is 2. The first-order chi connectivity index (χ1) is 11.6. The minimum atomic E-state index is -0.480. The third kappa shape index (κ3) is 5.31. The molecule has 0 unspecified atom stereocenters. The van der Waals surface area contributed by atoms with Crippen LogP contribution in [0.25, 0.3) is 6.08 Å². The number of hydrogen-bond donors (Lipinski definition) is 2. The molecule has 0 fully saturated rings. The predicted octanol–water partition coefficient (Wildman–Crippen LogP) is 2.62. The Morgan fingerprint density at radius 2 is 1.83 bits per heavy atom. The van der Waals surface area contributed by atoms with Crippen LogP contribution in [0.5, 0.6) is 0 Å². The largest absolute Gasteiger partial charge is 0.366 e. The number of amides is 2. The lowest BCUT2D eigenvalue weighted by molar-refractivity contribution is -0.116. The molecule has 0 saturated heterocycles. The molecule has 24 heavy (non-hydrogen) atoms. The summed E-state index contributed by atoms with van der Waals surface area (Å²) < 4.78 is 0. The van der Waals surface area contributed by atoms with Crippen molar-refractivity contribution in [3.63, 3.8) is 0 Å². The van der Waals surface area contributed by atoms with Crippen LogP contribution in [0.15, 0.2) is 54.6 Å².